The van der Waals surface area contributed by atoms with Gasteiger partial charge >= 0.3 is 5.97 Å². The van der Waals surface area contributed by atoms with E-state index in [1.807, 2.05) is 11.4 Å². The molecule has 136 valence electrons. The fraction of sp³-hybridized carbons (Fsp3) is 0.316. The second kappa shape index (κ2) is 8.14. The molecule has 1 aromatic carbocycles. The first-order valence-electron chi connectivity index (χ1n) is 8.56. The molecule has 0 radical (unpaired) electrons. The van der Waals surface area contributed by atoms with Crippen LogP contribution in [0.15, 0.2) is 40.9 Å². The maximum Gasteiger partial charge on any atom is 0.311 e. The van der Waals surface area contributed by atoms with Crippen LogP contribution < -0.4 is 5.43 Å². The lowest BCUT2D eigenvalue weighted by atomic mass is 10.2. The Labute approximate surface area is 156 Å². The second-order valence-corrected chi connectivity index (χ2v) is 6.99. The van der Waals surface area contributed by atoms with Crippen molar-refractivity contribution in [1.82, 2.24) is 9.55 Å². The number of carbonyl (C=O) groups is 1. The third-order valence-electron chi connectivity index (χ3n) is 3.86. The van der Waals surface area contributed by atoms with Gasteiger partial charge in [0.2, 0.25) is 5.13 Å². The fourth-order valence-electron chi connectivity index (χ4n) is 2.66. The Balaban J connectivity index is 1.65. The Morgan fingerprint density at radius 3 is 3.04 bits per heavy atom. The highest BCUT2D eigenvalue weighted by Gasteiger charge is 2.08. The number of fused-ring (bicyclic) bond motifs is 1. The summed E-state index contributed by atoms with van der Waals surface area (Å²) in [5, 5.41) is 7.94. The number of benzene rings is 1. The number of anilines is 1. The Kier molecular flexibility index (Phi) is 5.68. The maximum absolute atomic E-state index is 11.5. The molecule has 0 aliphatic carbocycles. The van der Waals surface area contributed by atoms with E-state index in [1.165, 1.54) is 22.2 Å². The molecule has 0 aliphatic rings. The molecular weight excluding hydrogens is 348 g/mol. The smallest absolute Gasteiger partial charge is 0.311 e. The van der Waals surface area contributed by atoms with Crippen LogP contribution in [0.1, 0.15) is 38.1 Å². The first-order chi connectivity index (χ1) is 12.6. The number of aromatic nitrogens is 2. The summed E-state index contributed by atoms with van der Waals surface area (Å²) in [4.78, 5) is 15.8. The molecule has 0 amide bonds. The summed E-state index contributed by atoms with van der Waals surface area (Å²) in [5.41, 5.74) is 5.80. The standard InChI is InChI=1S/C19H22N4O2S/c1-4-25-18(24)10-16-12-26-19(21-16)22-20-11-14-5-6-15-7-8-23(13(2)3)17(15)9-14/h5-9,11-13H,4,10H2,1-3H3,(H,21,22). The molecule has 0 atom stereocenters. The fourth-order valence-corrected chi connectivity index (χ4v) is 3.32. The van der Waals surface area contributed by atoms with E-state index < -0.39 is 0 Å². The quantitative estimate of drug-likeness (QED) is 0.384. The minimum Gasteiger partial charge on any atom is -0.466 e. The van der Waals surface area contributed by atoms with E-state index >= 15 is 0 Å². The van der Waals surface area contributed by atoms with Crippen molar-refractivity contribution in [3.8, 4) is 0 Å². The van der Waals surface area contributed by atoms with E-state index in [1.54, 1.807) is 13.1 Å². The Hall–Kier alpha value is -2.67. The summed E-state index contributed by atoms with van der Waals surface area (Å²) in [6.07, 6.45) is 4.05. The highest BCUT2D eigenvalue weighted by Crippen LogP contribution is 2.21. The van der Waals surface area contributed by atoms with Crippen LogP contribution in [-0.2, 0) is 16.0 Å². The van der Waals surface area contributed by atoms with Gasteiger partial charge in [-0.2, -0.15) is 5.10 Å². The number of hydrogen-bond acceptors (Lipinski definition) is 6. The van der Waals surface area contributed by atoms with Gasteiger partial charge in [-0.1, -0.05) is 12.1 Å². The van der Waals surface area contributed by atoms with E-state index in [0.717, 1.165) is 5.56 Å². The molecule has 0 spiro atoms. The van der Waals surface area contributed by atoms with Crippen LogP contribution in [0.25, 0.3) is 10.9 Å². The van der Waals surface area contributed by atoms with Crippen LogP contribution in [-0.4, -0.2) is 28.3 Å². The van der Waals surface area contributed by atoms with Crippen LogP contribution in [0.4, 0.5) is 5.13 Å². The molecular formula is C19H22N4O2S. The largest absolute Gasteiger partial charge is 0.466 e. The Bertz CT molecular complexity index is 927. The molecule has 6 nitrogen and oxygen atoms in total. The van der Waals surface area contributed by atoms with Gasteiger partial charge in [-0.3, -0.25) is 10.2 Å². The normalized spacial score (nSPS) is 11.5. The van der Waals surface area contributed by atoms with Gasteiger partial charge < -0.3 is 9.30 Å². The van der Waals surface area contributed by atoms with Gasteiger partial charge in [-0.05, 0) is 43.9 Å². The molecule has 0 unspecified atom stereocenters. The Morgan fingerprint density at radius 1 is 1.42 bits per heavy atom. The van der Waals surface area contributed by atoms with E-state index in [-0.39, 0.29) is 12.4 Å². The predicted molar refractivity (Wildman–Crippen MR) is 106 cm³/mol. The molecule has 26 heavy (non-hydrogen) atoms. The third kappa shape index (κ3) is 4.29. The van der Waals surface area contributed by atoms with Crippen LogP contribution in [0.5, 0.6) is 0 Å². The van der Waals surface area contributed by atoms with E-state index in [4.69, 9.17) is 4.74 Å². The minimum absolute atomic E-state index is 0.179. The van der Waals surface area contributed by atoms with Crippen molar-refractivity contribution in [1.29, 1.82) is 0 Å². The highest BCUT2D eigenvalue weighted by molar-refractivity contribution is 7.13. The number of ether oxygens (including phenoxy) is 1. The first-order valence-corrected chi connectivity index (χ1v) is 9.44. The number of esters is 1. The lowest BCUT2D eigenvalue weighted by Crippen LogP contribution is -2.07. The van der Waals surface area contributed by atoms with Crippen molar-refractivity contribution in [2.24, 2.45) is 5.10 Å². The molecule has 3 aromatic rings. The predicted octanol–water partition coefficient (Wildman–Crippen LogP) is 4.23. The monoisotopic (exact) mass is 370 g/mol. The summed E-state index contributed by atoms with van der Waals surface area (Å²) >= 11 is 1.41. The molecule has 2 aromatic heterocycles. The number of hydrogen-bond donors (Lipinski definition) is 1. The van der Waals surface area contributed by atoms with Crippen molar-refractivity contribution in [2.45, 2.75) is 33.2 Å². The maximum atomic E-state index is 11.5. The van der Waals surface area contributed by atoms with Crippen LogP contribution >= 0.6 is 11.3 Å². The third-order valence-corrected chi connectivity index (χ3v) is 4.66. The Morgan fingerprint density at radius 2 is 2.27 bits per heavy atom. The molecule has 0 bridgehead atoms. The molecule has 1 N–H and O–H groups in total. The lowest BCUT2D eigenvalue weighted by Gasteiger charge is -2.09. The van der Waals surface area contributed by atoms with Gasteiger partial charge in [0.15, 0.2) is 0 Å². The topological polar surface area (TPSA) is 68.5 Å². The van der Waals surface area contributed by atoms with Crippen molar-refractivity contribution in [3.63, 3.8) is 0 Å². The summed E-state index contributed by atoms with van der Waals surface area (Å²) in [6.45, 7) is 6.50. The number of nitrogens with one attached hydrogen (secondary N) is 1. The molecule has 0 saturated heterocycles. The summed E-state index contributed by atoms with van der Waals surface area (Å²) in [6, 6.07) is 8.78. The second-order valence-electron chi connectivity index (χ2n) is 6.13. The molecule has 0 fully saturated rings. The molecule has 2 heterocycles. The van der Waals surface area contributed by atoms with Crippen LogP contribution in [0.3, 0.4) is 0 Å². The summed E-state index contributed by atoms with van der Waals surface area (Å²) in [7, 11) is 0. The minimum atomic E-state index is -0.269. The zero-order valence-corrected chi connectivity index (χ0v) is 15.9. The van der Waals surface area contributed by atoms with Crippen molar-refractivity contribution < 1.29 is 9.53 Å². The van der Waals surface area contributed by atoms with E-state index in [9.17, 15) is 4.79 Å². The van der Waals surface area contributed by atoms with Gasteiger partial charge in [-0.15, -0.1) is 11.3 Å². The number of thiazole rings is 1. The van der Waals surface area contributed by atoms with Gasteiger partial charge in [0.25, 0.3) is 0 Å². The number of carbonyl (C=O) groups excluding carboxylic acids is 1. The van der Waals surface area contributed by atoms with Crippen molar-refractivity contribution in [3.05, 3.63) is 47.1 Å². The average Bonchev–Trinajstić information content (AvgIpc) is 3.21. The molecule has 0 saturated carbocycles. The summed E-state index contributed by atoms with van der Waals surface area (Å²) < 4.78 is 7.16. The van der Waals surface area contributed by atoms with Crippen LogP contribution in [0, 0.1) is 0 Å². The number of rotatable bonds is 7. The first kappa shape index (κ1) is 18.1. The zero-order chi connectivity index (χ0) is 18.5. The van der Waals surface area contributed by atoms with Crippen molar-refractivity contribution in [2.75, 3.05) is 12.0 Å². The van der Waals surface area contributed by atoms with Gasteiger partial charge in [0, 0.05) is 23.1 Å². The zero-order valence-electron chi connectivity index (χ0n) is 15.1. The van der Waals surface area contributed by atoms with Crippen LogP contribution in [0.2, 0.25) is 0 Å². The van der Waals surface area contributed by atoms with Gasteiger partial charge in [-0.25, -0.2) is 4.98 Å². The van der Waals surface area contributed by atoms with Gasteiger partial charge in [0.1, 0.15) is 0 Å². The highest BCUT2D eigenvalue weighted by atomic mass is 32.1. The van der Waals surface area contributed by atoms with Gasteiger partial charge in [0.05, 0.1) is 24.9 Å². The molecule has 0 aliphatic heterocycles. The number of hydrazone groups is 1. The van der Waals surface area contributed by atoms with Crippen molar-refractivity contribution >= 4 is 39.6 Å². The molecule has 3 rings (SSSR count). The SMILES string of the molecule is CCOC(=O)Cc1csc(NN=Cc2ccc3ccn(C(C)C)c3c2)n1. The summed E-state index contributed by atoms with van der Waals surface area (Å²) in [5.74, 6) is -0.269. The van der Waals surface area contributed by atoms with E-state index in [2.05, 4.69) is 58.3 Å². The number of nitrogens with zero attached hydrogens (tertiary/aromatic N) is 3. The lowest BCUT2D eigenvalue weighted by molar-refractivity contribution is -0.142. The molecule has 7 heteroatoms. The average molecular weight is 370 g/mol. The van der Waals surface area contributed by atoms with E-state index in [0.29, 0.717) is 23.5 Å².